The SMILES string of the molecule is CC[C@H](Br)[C@H]1CC=CC[C@H]([C@H]2CCOC(=O)O2)O1. The maximum atomic E-state index is 11.1. The molecule has 0 aromatic rings. The average molecular weight is 319 g/mol. The molecule has 4 nitrogen and oxygen atoms in total. The third kappa shape index (κ3) is 3.48. The van der Waals surface area contributed by atoms with E-state index in [0.29, 0.717) is 17.9 Å². The van der Waals surface area contributed by atoms with Gasteiger partial charge < -0.3 is 14.2 Å². The third-order valence-corrected chi connectivity index (χ3v) is 4.57. The number of hydrogen-bond donors (Lipinski definition) is 0. The number of carbonyl (C=O) groups is 1. The van der Waals surface area contributed by atoms with Gasteiger partial charge in [-0.2, -0.15) is 0 Å². The van der Waals surface area contributed by atoms with Crippen LogP contribution in [0.4, 0.5) is 4.79 Å². The van der Waals surface area contributed by atoms with Gasteiger partial charge >= 0.3 is 6.16 Å². The number of cyclic esters (lactones) is 2. The minimum atomic E-state index is -0.578. The van der Waals surface area contributed by atoms with Crippen molar-refractivity contribution in [2.45, 2.75) is 55.7 Å². The van der Waals surface area contributed by atoms with Gasteiger partial charge in [-0.25, -0.2) is 4.79 Å². The highest BCUT2D eigenvalue weighted by Gasteiger charge is 2.33. The van der Waals surface area contributed by atoms with Crippen molar-refractivity contribution in [1.82, 2.24) is 0 Å². The molecule has 0 amide bonds. The summed E-state index contributed by atoms with van der Waals surface area (Å²) >= 11 is 3.65. The number of ether oxygens (including phenoxy) is 3. The summed E-state index contributed by atoms with van der Waals surface area (Å²) in [5.74, 6) is 0. The van der Waals surface area contributed by atoms with Crippen LogP contribution in [0.5, 0.6) is 0 Å². The number of halogens is 1. The van der Waals surface area contributed by atoms with Gasteiger partial charge in [-0.3, -0.25) is 0 Å². The van der Waals surface area contributed by atoms with E-state index >= 15 is 0 Å². The van der Waals surface area contributed by atoms with Crippen molar-refractivity contribution in [3.8, 4) is 0 Å². The van der Waals surface area contributed by atoms with E-state index in [9.17, 15) is 4.79 Å². The standard InChI is InChI=1S/C13H19BrO4/c1-2-9(14)10-5-3-4-6-11(17-10)12-7-8-16-13(15)18-12/h3-4,9-12H,2,5-8H2,1H3/t9-,10+,11+,12+/m0/s1. The number of rotatable bonds is 3. The molecule has 0 radical (unpaired) electrons. The monoisotopic (exact) mass is 318 g/mol. The zero-order valence-corrected chi connectivity index (χ0v) is 12.1. The highest BCUT2D eigenvalue weighted by Crippen LogP contribution is 2.26. The van der Waals surface area contributed by atoms with Gasteiger partial charge in [0.25, 0.3) is 0 Å². The fourth-order valence-electron chi connectivity index (χ4n) is 2.27. The van der Waals surface area contributed by atoms with Gasteiger partial charge in [0.05, 0.1) is 18.8 Å². The van der Waals surface area contributed by atoms with Crippen LogP contribution in [-0.4, -0.2) is 35.9 Å². The van der Waals surface area contributed by atoms with E-state index in [1.165, 1.54) is 0 Å². The highest BCUT2D eigenvalue weighted by atomic mass is 79.9. The molecule has 2 rings (SSSR count). The minimum Gasteiger partial charge on any atom is -0.434 e. The summed E-state index contributed by atoms with van der Waals surface area (Å²) in [4.78, 5) is 11.5. The zero-order valence-electron chi connectivity index (χ0n) is 10.5. The normalized spacial score (nSPS) is 34.3. The summed E-state index contributed by atoms with van der Waals surface area (Å²) in [7, 11) is 0. The fraction of sp³-hybridized carbons (Fsp3) is 0.769. The van der Waals surface area contributed by atoms with Gasteiger partial charge in [0.1, 0.15) is 6.10 Å². The van der Waals surface area contributed by atoms with E-state index in [1.54, 1.807) is 0 Å². The van der Waals surface area contributed by atoms with Crippen LogP contribution in [0.15, 0.2) is 12.2 Å². The van der Waals surface area contributed by atoms with Crippen LogP contribution in [0.1, 0.15) is 32.6 Å². The molecule has 2 heterocycles. The summed E-state index contributed by atoms with van der Waals surface area (Å²) in [6, 6.07) is 0. The maximum Gasteiger partial charge on any atom is 0.508 e. The molecule has 1 saturated heterocycles. The van der Waals surface area contributed by atoms with Crippen molar-refractivity contribution in [3.63, 3.8) is 0 Å². The van der Waals surface area contributed by atoms with E-state index in [-0.39, 0.29) is 18.3 Å². The summed E-state index contributed by atoms with van der Waals surface area (Å²) in [5, 5.41) is 0. The van der Waals surface area contributed by atoms with Crippen molar-refractivity contribution in [2.75, 3.05) is 6.61 Å². The van der Waals surface area contributed by atoms with Crippen molar-refractivity contribution < 1.29 is 19.0 Å². The molecular formula is C13H19BrO4. The summed E-state index contributed by atoms with van der Waals surface area (Å²) < 4.78 is 16.1. The third-order valence-electron chi connectivity index (χ3n) is 3.33. The summed E-state index contributed by atoms with van der Waals surface area (Å²) in [5.41, 5.74) is 0. The van der Waals surface area contributed by atoms with Crippen LogP contribution in [0.2, 0.25) is 0 Å². The second kappa shape index (κ2) is 6.57. The first-order chi connectivity index (χ1) is 8.70. The first-order valence-corrected chi connectivity index (χ1v) is 7.40. The summed E-state index contributed by atoms with van der Waals surface area (Å²) in [6.07, 6.45) is 6.98. The number of hydrogen-bond acceptors (Lipinski definition) is 4. The minimum absolute atomic E-state index is 0.0619. The molecule has 0 N–H and O–H groups in total. The lowest BCUT2D eigenvalue weighted by atomic mass is 10.1. The van der Waals surface area contributed by atoms with Gasteiger partial charge in [-0.15, -0.1) is 0 Å². The lowest BCUT2D eigenvalue weighted by Gasteiger charge is -2.32. The van der Waals surface area contributed by atoms with Crippen LogP contribution in [0, 0.1) is 0 Å². The summed E-state index contributed by atoms with van der Waals surface area (Å²) in [6.45, 7) is 2.55. The Kier molecular flexibility index (Phi) is 5.06. The molecule has 102 valence electrons. The Labute approximate surface area is 116 Å². The van der Waals surface area contributed by atoms with E-state index in [2.05, 4.69) is 35.0 Å². The highest BCUT2D eigenvalue weighted by molar-refractivity contribution is 9.09. The topological polar surface area (TPSA) is 44.8 Å². The first kappa shape index (κ1) is 13.9. The molecule has 1 fully saturated rings. The lowest BCUT2D eigenvalue weighted by Crippen LogP contribution is -2.41. The fourth-order valence-corrected chi connectivity index (χ4v) is 2.61. The number of carbonyl (C=O) groups excluding carboxylic acids is 1. The van der Waals surface area contributed by atoms with Crippen LogP contribution in [-0.2, 0) is 14.2 Å². The van der Waals surface area contributed by atoms with E-state index in [4.69, 9.17) is 14.2 Å². The molecule has 5 heteroatoms. The number of alkyl halides is 1. The molecule has 0 aliphatic carbocycles. The van der Waals surface area contributed by atoms with Crippen molar-refractivity contribution in [3.05, 3.63) is 12.2 Å². The predicted molar refractivity (Wildman–Crippen MR) is 70.9 cm³/mol. The predicted octanol–water partition coefficient (Wildman–Crippen LogP) is 3.19. The molecule has 0 spiro atoms. The molecule has 0 aromatic carbocycles. The van der Waals surface area contributed by atoms with Gasteiger partial charge in [0, 0.05) is 11.2 Å². The molecular weight excluding hydrogens is 300 g/mol. The van der Waals surface area contributed by atoms with Gasteiger partial charge in [-0.1, -0.05) is 35.0 Å². The molecule has 0 saturated carbocycles. The smallest absolute Gasteiger partial charge is 0.434 e. The van der Waals surface area contributed by atoms with Crippen LogP contribution in [0.25, 0.3) is 0 Å². The second-order valence-corrected chi connectivity index (χ2v) is 5.80. The van der Waals surface area contributed by atoms with Crippen molar-refractivity contribution in [1.29, 1.82) is 0 Å². The zero-order chi connectivity index (χ0) is 13.0. The largest absolute Gasteiger partial charge is 0.508 e. The Morgan fingerprint density at radius 1 is 1.39 bits per heavy atom. The molecule has 0 bridgehead atoms. The Morgan fingerprint density at radius 3 is 2.89 bits per heavy atom. The molecule has 0 aromatic heterocycles. The Hall–Kier alpha value is -0.550. The molecule has 0 unspecified atom stereocenters. The van der Waals surface area contributed by atoms with Gasteiger partial charge in [0.2, 0.25) is 0 Å². The van der Waals surface area contributed by atoms with Crippen molar-refractivity contribution >= 4 is 22.1 Å². The van der Waals surface area contributed by atoms with Crippen LogP contribution in [0.3, 0.4) is 0 Å². The average Bonchev–Trinajstić information content (AvgIpc) is 2.63. The van der Waals surface area contributed by atoms with Crippen LogP contribution >= 0.6 is 15.9 Å². The molecule has 4 atom stereocenters. The van der Waals surface area contributed by atoms with E-state index in [1.807, 2.05) is 0 Å². The van der Waals surface area contributed by atoms with Gasteiger partial charge in [0.15, 0.2) is 0 Å². The first-order valence-electron chi connectivity index (χ1n) is 6.48. The Balaban J connectivity index is 1.98. The molecule has 2 aliphatic rings. The van der Waals surface area contributed by atoms with Crippen LogP contribution < -0.4 is 0 Å². The van der Waals surface area contributed by atoms with Gasteiger partial charge in [-0.05, 0) is 19.3 Å². The van der Waals surface area contributed by atoms with Crippen molar-refractivity contribution in [2.24, 2.45) is 0 Å². The Bertz CT molecular complexity index is 318. The lowest BCUT2D eigenvalue weighted by molar-refractivity contribution is -0.112. The molecule has 18 heavy (non-hydrogen) atoms. The van der Waals surface area contributed by atoms with E-state index in [0.717, 1.165) is 19.3 Å². The second-order valence-electron chi connectivity index (χ2n) is 4.62. The quantitative estimate of drug-likeness (QED) is 0.455. The maximum absolute atomic E-state index is 11.1. The van der Waals surface area contributed by atoms with E-state index < -0.39 is 6.16 Å². The Morgan fingerprint density at radius 2 is 2.17 bits per heavy atom. The molecule has 2 aliphatic heterocycles.